The number of benzene rings is 1. The van der Waals surface area contributed by atoms with Crippen LogP contribution in [-0.4, -0.2) is 20.6 Å². The maximum absolute atomic E-state index is 3.99. The first-order valence-corrected chi connectivity index (χ1v) is 6.90. The molecule has 0 unspecified atom stereocenters. The van der Waals surface area contributed by atoms with Gasteiger partial charge in [-0.05, 0) is 35.0 Å². The predicted octanol–water partition coefficient (Wildman–Crippen LogP) is 3.34. The van der Waals surface area contributed by atoms with E-state index < -0.39 is 0 Å². The second kappa shape index (κ2) is 5.95. The van der Waals surface area contributed by atoms with Crippen molar-refractivity contribution in [2.75, 3.05) is 0 Å². The highest BCUT2D eigenvalue weighted by Gasteiger charge is 2.17. The molecule has 4 heteroatoms. The molecule has 2 rings (SSSR count). The third-order valence-electron chi connectivity index (χ3n) is 3.74. The number of aromatic amines is 1. The van der Waals surface area contributed by atoms with E-state index in [2.05, 4.69) is 72.6 Å². The largest absolute Gasteiger partial charge is 0.204 e. The molecule has 0 spiro atoms. The SMILES string of the molecule is CC(C)C(Cc1ccc(-c2nn[nH]n2)cc1)C(C)C. The van der Waals surface area contributed by atoms with Crippen LogP contribution in [0.4, 0.5) is 0 Å². The fourth-order valence-electron chi connectivity index (χ4n) is 2.59. The van der Waals surface area contributed by atoms with E-state index in [0.717, 1.165) is 17.9 Å². The summed E-state index contributed by atoms with van der Waals surface area (Å²) >= 11 is 0. The van der Waals surface area contributed by atoms with Crippen LogP contribution in [0.1, 0.15) is 33.3 Å². The van der Waals surface area contributed by atoms with E-state index >= 15 is 0 Å². The predicted molar refractivity (Wildman–Crippen MR) is 76.5 cm³/mol. The molecule has 1 aromatic heterocycles. The van der Waals surface area contributed by atoms with Crippen LogP contribution in [0.3, 0.4) is 0 Å². The maximum atomic E-state index is 3.99. The van der Waals surface area contributed by atoms with Crippen molar-refractivity contribution in [1.29, 1.82) is 0 Å². The molecule has 0 aliphatic rings. The minimum Gasteiger partial charge on any atom is -0.177 e. The Morgan fingerprint density at radius 3 is 2.11 bits per heavy atom. The van der Waals surface area contributed by atoms with Crippen molar-refractivity contribution >= 4 is 0 Å². The average Bonchev–Trinajstić information content (AvgIpc) is 2.89. The smallest absolute Gasteiger partial charge is 0.177 e. The van der Waals surface area contributed by atoms with Gasteiger partial charge < -0.3 is 0 Å². The van der Waals surface area contributed by atoms with E-state index in [1.165, 1.54) is 5.56 Å². The highest BCUT2D eigenvalue weighted by molar-refractivity contribution is 5.54. The highest BCUT2D eigenvalue weighted by atomic mass is 15.5. The number of nitrogens with one attached hydrogen (secondary N) is 1. The number of tetrazole rings is 1. The molecule has 1 heterocycles. The molecular weight excluding hydrogens is 236 g/mol. The summed E-state index contributed by atoms with van der Waals surface area (Å²) in [5.41, 5.74) is 2.38. The van der Waals surface area contributed by atoms with Gasteiger partial charge in [0.25, 0.3) is 0 Å². The Hall–Kier alpha value is -1.71. The fraction of sp³-hybridized carbons (Fsp3) is 0.533. The van der Waals surface area contributed by atoms with Crippen molar-refractivity contribution in [3.05, 3.63) is 29.8 Å². The van der Waals surface area contributed by atoms with Crippen LogP contribution >= 0.6 is 0 Å². The van der Waals surface area contributed by atoms with E-state index in [-0.39, 0.29) is 0 Å². The molecule has 0 saturated carbocycles. The van der Waals surface area contributed by atoms with Crippen LogP contribution in [0.2, 0.25) is 0 Å². The molecule has 0 atom stereocenters. The van der Waals surface area contributed by atoms with E-state index in [1.807, 2.05) is 0 Å². The molecule has 1 N–H and O–H groups in total. The summed E-state index contributed by atoms with van der Waals surface area (Å²) in [7, 11) is 0. The van der Waals surface area contributed by atoms with Gasteiger partial charge >= 0.3 is 0 Å². The normalized spacial score (nSPS) is 11.7. The second-order valence-electron chi connectivity index (χ2n) is 5.79. The van der Waals surface area contributed by atoms with Crippen molar-refractivity contribution in [3.63, 3.8) is 0 Å². The third kappa shape index (κ3) is 3.40. The molecule has 0 radical (unpaired) electrons. The molecule has 0 saturated heterocycles. The van der Waals surface area contributed by atoms with Gasteiger partial charge in [-0.25, -0.2) is 0 Å². The molecular formula is C15H22N4. The summed E-state index contributed by atoms with van der Waals surface area (Å²) in [6.07, 6.45) is 1.13. The van der Waals surface area contributed by atoms with E-state index in [1.54, 1.807) is 0 Å². The lowest BCUT2D eigenvalue weighted by atomic mass is 9.81. The maximum Gasteiger partial charge on any atom is 0.204 e. The van der Waals surface area contributed by atoms with Crippen LogP contribution < -0.4 is 0 Å². The summed E-state index contributed by atoms with van der Waals surface area (Å²) < 4.78 is 0. The van der Waals surface area contributed by atoms with Crippen molar-refractivity contribution in [3.8, 4) is 11.4 Å². The zero-order chi connectivity index (χ0) is 13.8. The quantitative estimate of drug-likeness (QED) is 0.895. The number of aromatic nitrogens is 4. The zero-order valence-electron chi connectivity index (χ0n) is 12.1. The topological polar surface area (TPSA) is 54.5 Å². The van der Waals surface area contributed by atoms with Gasteiger partial charge in [0.2, 0.25) is 5.82 Å². The summed E-state index contributed by atoms with van der Waals surface area (Å²) in [5, 5.41) is 14.0. The monoisotopic (exact) mass is 258 g/mol. The van der Waals surface area contributed by atoms with Gasteiger partial charge in [0.15, 0.2) is 0 Å². The minimum absolute atomic E-state index is 0.649. The molecule has 1 aromatic carbocycles. The summed E-state index contributed by atoms with van der Waals surface area (Å²) in [5.74, 6) is 2.78. The van der Waals surface area contributed by atoms with Gasteiger partial charge in [0.1, 0.15) is 0 Å². The molecule has 102 valence electrons. The number of hydrogen-bond acceptors (Lipinski definition) is 3. The lowest BCUT2D eigenvalue weighted by molar-refractivity contribution is 0.286. The van der Waals surface area contributed by atoms with Gasteiger partial charge in [0, 0.05) is 5.56 Å². The minimum atomic E-state index is 0.649. The lowest BCUT2D eigenvalue weighted by Gasteiger charge is -2.24. The Kier molecular flexibility index (Phi) is 4.30. The molecule has 0 amide bonds. The molecule has 19 heavy (non-hydrogen) atoms. The van der Waals surface area contributed by atoms with Crippen LogP contribution in [0.15, 0.2) is 24.3 Å². The Labute approximate surface area is 114 Å². The summed E-state index contributed by atoms with van der Waals surface area (Å²) in [6.45, 7) is 9.22. The summed E-state index contributed by atoms with van der Waals surface area (Å²) in [4.78, 5) is 0. The van der Waals surface area contributed by atoms with E-state index in [0.29, 0.717) is 17.7 Å². The molecule has 0 aliphatic carbocycles. The van der Waals surface area contributed by atoms with Crippen molar-refractivity contribution < 1.29 is 0 Å². The highest BCUT2D eigenvalue weighted by Crippen LogP contribution is 2.25. The zero-order valence-corrected chi connectivity index (χ0v) is 12.1. The van der Waals surface area contributed by atoms with Crippen molar-refractivity contribution in [2.24, 2.45) is 17.8 Å². The number of nitrogens with zero attached hydrogens (tertiary/aromatic N) is 3. The van der Waals surface area contributed by atoms with Gasteiger partial charge in [-0.3, -0.25) is 0 Å². The van der Waals surface area contributed by atoms with Crippen LogP contribution in [0.5, 0.6) is 0 Å². The van der Waals surface area contributed by atoms with Crippen molar-refractivity contribution in [1.82, 2.24) is 20.6 Å². The van der Waals surface area contributed by atoms with Gasteiger partial charge in [0.05, 0.1) is 0 Å². The Morgan fingerprint density at radius 2 is 1.63 bits per heavy atom. The first kappa shape index (κ1) is 13.7. The van der Waals surface area contributed by atoms with Crippen molar-refractivity contribution in [2.45, 2.75) is 34.1 Å². The standard InChI is InChI=1S/C15H22N4/c1-10(2)14(11(3)4)9-12-5-7-13(8-6-12)15-16-18-19-17-15/h5-8,10-11,14H,9H2,1-4H3,(H,16,17,18,19). The molecule has 4 nitrogen and oxygen atoms in total. The lowest BCUT2D eigenvalue weighted by Crippen LogP contribution is -2.18. The fourth-order valence-corrected chi connectivity index (χ4v) is 2.59. The van der Waals surface area contributed by atoms with Crippen LogP contribution in [-0.2, 0) is 6.42 Å². The van der Waals surface area contributed by atoms with Crippen LogP contribution in [0.25, 0.3) is 11.4 Å². The van der Waals surface area contributed by atoms with Gasteiger partial charge in [-0.1, -0.05) is 52.0 Å². The first-order valence-electron chi connectivity index (χ1n) is 6.90. The third-order valence-corrected chi connectivity index (χ3v) is 3.74. The van der Waals surface area contributed by atoms with Gasteiger partial charge in [-0.15, -0.1) is 10.2 Å². The molecule has 0 aliphatic heterocycles. The molecule has 2 aromatic rings. The summed E-state index contributed by atoms with van der Waals surface area (Å²) in [6, 6.07) is 8.47. The first-order chi connectivity index (χ1) is 9.08. The van der Waals surface area contributed by atoms with Gasteiger partial charge in [-0.2, -0.15) is 5.21 Å². The average molecular weight is 258 g/mol. The number of hydrogen-bond donors (Lipinski definition) is 1. The second-order valence-corrected chi connectivity index (χ2v) is 5.79. The molecule has 0 bridgehead atoms. The Balaban J connectivity index is 2.10. The van der Waals surface area contributed by atoms with E-state index in [9.17, 15) is 0 Å². The Bertz CT molecular complexity index is 477. The number of rotatable bonds is 5. The number of H-pyrrole nitrogens is 1. The van der Waals surface area contributed by atoms with E-state index in [4.69, 9.17) is 0 Å². The molecule has 0 fully saturated rings. The van der Waals surface area contributed by atoms with Crippen LogP contribution in [0, 0.1) is 17.8 Å². The Morgan fingerprint density at radius 1 is 1.00 bits per heavy atom.